The molecule has 0 saturated heterocycles. The monoisotopic (exact) mass is 231 g/mol. The summed E-state index contributed by atoms with van der Waals surface area (Å²) in [5, 5.41) is 8.62. The molecule has 86 valence electrons. The van der Waals surface area contributed by atoms with Crippen LogP contribution in [0.2, 0.25) is 0 Å². The maximum absolute atomic E-state index is 11.8. The fourth-order valence-corrected chi connectivity index (χ4v) is 1.61. The van der Waals surface area contributed by atoms with Gasteiger partial charge in [-0.3, -0.25) is 9.59 Å². The predicted molar refractivity (Wildman–Crippen MR) is 59.1 cm³/mol. The van der Waals surface area contributed by atoms with Crippen molar-refractivity contribution in [1.82, 2.24) is 0 Å². The standard InChI is InChI=1S/C11H9N3O3/c1-6-11(16)14(10(15)5-12)8-4-7(13)2-3-9(8)17-6/h2-4,6H,13H2,1H3. The molecule has 2 rings (SSSR count). The predicted octanol–water partition coefficient (Wildman–Crippen LogP) is 0.433. The Bertz CT molecular complexity index is 547. The first kappa shape index (κ1) is 11.0. The number of hydrogen-bond donors (Lipinski definition) is 1. The molecule has 6 nitrogen and oxygen atoms in total. The molecule has 1 aliphatic heterocycles. The number of fused-ring (bicyclic) bond motifs is 1. The number of rotatable bonds is 0. The molecule has 0 aromatic heterocycles. The second-order valence-electron chi connectivity index (χ2n) is 3.58. The minimum absolute atomic E-state index is 0.208. The van der Waals surface area contributed by atoms with Gasteiger partial charge in [-0.05, 0) is 25.1 Å². The Labute approximate surface area is 97.2 Å². The number of anilines is 2. The maximum atomic E-state index is 11.8. The zero-order valence-electron chi connectivity index (χ0n) is 9.01. The van der Waals surface area contributed by atoms with Crippen LogP contribution in [0.4, 0.5) is 11.4 Å². The van der Waals surface area contributed by atoms with Crippen molar-refractivity contribution in [2.45, 2.75) is 13.0 Å². The largest absolute Gasteiger partial charge is 0.479 e. The third-order valence-corrected chi connectivity index (χ3v) is 2.39. The van der Waals surface area contributed by atoms with E-state index < -0.39 is 17.9 Å². The van der Waals surface area contributed by atoms with Crippen molar-refractivity contribution in [2.24, 2.45) is 0 Å². The highest BCUT2D eigenvalue weighted by Crippen LogP contribution is 2.35. The van der Waals surface area contributed by atoms with Crippen LogP contribution in [0, 0.1) is 11.3 Å². The van der Waals surface area contributed by atoms with Crippen LogP contribution in [0.1, 0.15) is 6.92 Å². The molecule has 0 aliphatic carbocycles. The highest BCUT2D eigenvalue weighted by Gasteiger charge is 2.35. The van der Waals surface area contributed by atoms with Gasteiger partial charge in [0.2, 0.25) is 0 Å². The molecule has 6 heteroatoms. The average molecular weight is 231 g/mol. The summed E-state index contributed by atoms with van der Waals surface area (Å²) in [6, 6.07) is 6.00. The summed E-state index contributed by atoms with van der Waals surface area (Å²) in [7, 11) is 0. The zero-order valence-corrected chi connectivity index (χ0v) is 9.01. The maximum Gasteiger partial charge on any atom is 0.336 e. The van der Waals surface area contributed by atoms with Gasteiger partial charge in [0.1, 0.15) is 5.75 Å². The van der Waals surface area contributed by atoms with Crippen molar-refractivity contribution in [3.63, 3.8) is 0 Å². The van der Waals surface area contributed by atoms with Crippen LogP contribution < -0.4 is 15.4 Å². The summed E-state index contributed by atoms with van der Waals surface area (Å²) >= 11 is 0. The number of carbonyl (C=O) groups excluding carboxylic acids is 2. The van der Waals surface area contributed by atoms with Crippen molar-refractivity contribution < 1.29 is 14.3 Å². The highest BCUT2D eigenvalue weighted by molar-refractivity contribution is 6.23. The molecule has 1 heterocycles. The molecule has 1 aliphatic rings. The minimum Gasteiger partial charge on any atom is -0.479 e. The van der Waals surface area contributed by atoms with Gasteiger partial charge in [-0.1, -0.05) is 0 Å². The van der Waals surface area contributed by atoms with Gasteiger partial charge in [0.25, 0.3) is 5.91 Å². The first-order chi connectivity index (χ1) is 8.04. The van der Waals surface area contributed by atoms with E-state index in [1.54, 1.807) is 12.1 Å². The molecule has 0 saturated carbocycles. The van der Waals surface area contributed by atoms with Crippen molar-refractivity contribution in [1.29, 1.82) is 5.26 Å². The third-order valence-electron chi connectivity index (χ3n) is 2.39. The van der Waals surface area contributed by atoms with Gasteiger partial charge >= 0.3 is 5.91 Å². The van der Waals surface area contributed by atoms with Crippen LogP contribution in [-0.2, 0) is 9.59 Å². The van der Waals surface area contributed by atoms with Crippen LogP contribution in [-0.4, -0.2) is 17.9 Å². The van der Waals surface area contributed by atoms with E-state index in [9.17, 15) is 9.59 Å². The summed E-state index contributed by atoms with van der Waals surface area (Å²) in [6.45, 7) is 1.51. The van der Waals surface area contributed by atoms with Gasteiger partial charge in [0, 0.05) is 5.69 Å². The molecule has 1 aromatic rings. The number of hydrogen-bond acceptors (Lipinski definition) is 5. The summed E-state index contributed by atoms with van der Waals surface area (Å²) in [5.74, 6) is -1.17. The molecule has 2 N–H and O–H groups in total. The minimum atomic E-state index is -0.947. The molecule has 1 aromatic carbocycles. The number of amides is 2. The number of imide groups is 1. The third kappa shape index (κ3) is 1.67. The summed E-state index contributed by atoms with van der Waals surface area (Å²) in [5.41, 5.74) is 6.17. The van der Waals surface area contributed by atoms with E-state index in [-0.39, 0.29) is 5.69 Å². The van der Waals surface area contributed by atoms with Crippen LogP contribution in [0.3, 0.4) is 0 Å². The molecule has 17 heavy (non-hydrogen) atoms. The van der Waals surface area contributed by atoms with Crippen molar-refractivity contribution in [2.75, 3.05) is 10.6 Å². The lowest BCUT2D eigenvalue weighted by Crippen LogP contribution is -2.47. The molecule has 0 fully saturated rings. The van der Waals surface area contributed by atoms with E-state index in [0.29, 0.717) is 11.4 Å². The SMILES string of the molecule is CC1Oc2ccc(N)cc2N(C(=O)C#N)C1=O. The molecule has 2 amide bonds. The molecule has 0 radical (unpaired) electrons. The molecule has 0 bridgehead atoms. The second kappa shape index (κ2) is 3.79. The normalized spacial score (nSPS) is 18.0. The van der Waals surface area contributed by atoms with E-state index in [4.69, 9.17) is 15.7 Å². The summed E-state index contributed by atoms with van der Waals surface area (Å²) < 4.78 is 5.32. The smallest absolute Gasteiger partial charge is 0.336 e. The number of nitriles is 1. The van der Waals surface area contributed by atoms with Gasteiger partial charge in [0.05, 0.1) is 5.69 Å². The number of ether oxygens (including phenoxy) is 1. The van der Waals surface area contributed by atoms with Crippen molar-refractivity contribution in [3.05, 3.63) is 18.2 Å². The van der Waals surface area contributed by atoms with Gasteiger partial charge in [-0.2, -0.15) is 5.26 Å². The number of nitrogen functional groups attached to an aromatic ring is 1. The number of benzene rings is 1. The lowest BCUT2D eigenvalue weighted by Gasteiger charge is -2.30. The Morgan fingerprint density at radius 2 is 2.29 bits per heavy atom. The number of nitrogens with two attached hydrogens (primary N) is 1. The molecular weight excluding hydrogens is 222 g/mol. The fraction of sp³-hybridized carbons (Fsp3) is 0.182. The van der Waals surface area contributed by atoms with Crippen molar-refractivity contribution in [3.8, 4) is 11.8 Å². The Kier molecular flexibility index (Phi) is 2.44. The van der Waals surface area contributed by atoms with E-state index in [2.05, 4.69) is 0 Å². The summed E-state index contributed by atoms with van der Waals surface area (Å²) in [4.78, 5) is 24.0. The van der Waals surface area contributed by atoms with Crippen LogP contribution in [0.15, 0.2) is 18.2 Å². The molecule has 1 unspecified atom stereocenters. The zero-order chi connectivity index (χ0) is 12.6. The van der Waals surface area contributed by atoms with E-state index in [1.807, 2.05) is 0 Å². The first-order valence-electron chi connectivity index (χ1n) is 4.89. The van der Waals surface area contributed by atoms with Gasteiger partial charge in [0.15, 0.2) is 12.2 Å². The Hall–Kier alpha value is -2.55. The number of carbonyl (C=O) groups is 2. The van der Waals surface area contributed by atoms with Gasteiger partial charge in [-0.15, -0.1) is 0 Å². The number of nitrogens with zero attached hydrogens (tertiary/aromatic N) is 2. The Morgan fingerprint density at radius 1 is 1.59 bits per heavy atom. The van der Waals surface area contributed by atoms with E-state index in [0.717, 1.165) is 4.90 Å². The summed E-state index contributed by atoms with van der Waals surface area (Å²) in [6.07, 6.45) is -0.802. The molecular formula is C11H9N3O3. The van der Waals surface area contributed by atoms with Crippen LogP contribution >= 0.6 is 0 Å². The van der Waals surface area contributed by atoms with E-state index in [1.165, 1.54) is 19.1 Å². The topological polar surface area (TPSA) is 96.4 Å². The second-order valence-corrected chi connectivity index (χ2v) is 3.58. The molecule has 0 spiro atoms. The highest BCUT2D eigenvalue weighted by atomic mass is 16.5. The van der Waals surface area contributed by atoms with Gasteiger partial charge < -0.3 is 10.5 Å². The first-order valence-corrected chi connectivity index (χ1v) is 4.89. The fourth-order valence-electron chi connectivity index (χ4n) is 1.61. The Balaban J connectivity index is 2.59. The van der Waals surface area contributed by atoms with Crippen LogP contribution in [0.5, 0.6) is 5.75 Å². The quantitative estimate of drug-likeness (QED) is 0.516. The lowest BCUT2D eigenvalue weighted by molar-refractivity contribution is -0.129. The van der Waals surface area contributed by atoms with Gasteiger partial charge in [-0.25, -0.2) is 4.90 Å². The van der Waals surface area contributed by atoms with Crippen LogP contribution in [0.25, 0.3) is 0 Å². The molecule has 1 atom stereocenters. The van der Waals surface area contributed by atoms with E-state index >= 15 is 0 Å². The lowest BCUT2D eigenvalue weighted by atomic mass is 10.1. The average Bonchev–Trinajstić information content (AvgIpc) is 2.31. The van der Waals surface area contributed by atoms with Crippen molar-refractivity contribution >= 4 is 23.2 Å². The Morgan fingerprint density at radius 3 is 2.94 bits per heavy atom.